The zero-order valence-electron chi connectivity index (χ0n) is 7.53. The molecule has 0 saturated carbocycles. The minimum atomic E-state index is -4.65. The van der Waals surface area contributed by atoms with E-state index in [0.717, 1.165) is 0 Å². The Balaban J connectivity index is 0.00000169. The predicted molar refractivity (Wildman–Crippen MR) is 55.8 cm³/mol. The monoisotopic (exact) mass is 239 g/mol. The van der Waals surface area contributed by atoms with Crippen molar-refractivity contribution in [3.05, 3.63) is 23.8 Å². The van der Waals surface area contributed by atoms with Crippen LogP contribution < -0.4 is 5.73 Å². The Morgan fingerprint density at radius 2 is 2.00 bits per heavy atom. The zero-order chi connectivity index (χ0) is 10.1. The van der Waals surface area contributed by atoms with Gasteiger partial charge in [-0.15, -0.1) is 16.3 Å². The molecule has 0 bridgehead atoms. The van der Waals surface area contributed by atoms with Crippen LogP contribution in [0.5, 0.6) is 0 Å². The SMILES string of the molecule is CCc1c(N)cccc1S(=O)(=O)F.Cl. The van der Waals surface area contributed by atoms with E-state index in [2.05, 4.69) is 0 Å². The molecule has 0 aliphatic rings. The molecule has 0 aromatic heterocycles. The number of nitrogen functional groups attached to an aromatic ring is 1. The van der Waals surface area contributed by atoms with Gasteiger partial charge in [0.05, 0.1) is 0 Å². The van der Waals surface area contributed by atoms with E-state index in [1.165, 1.54) is 12.1 Å². The van der Waals surface area contributed by atoms with Crippen LogP contribution in [-0.2, 0) is 16.6 Å². The molecule has 3 nitrogen and oxygen atoms in total. The van der Waals surface area contributed by atoms with Crippen LogP contribution in [0.3, 0.4) is 0 Å². The first-order chi connectivity index (χ1) is 5.96. The molecule has 0 aliphatic heterocycles. The third kappa shape index (κ3) is 2.59. The number of hydrogen-bond donors (Lipinski definition) is 1. The van der Waals surface area contributed by atoms with Gasteiger partial charge in [0, 0.05) is 5.69 Å². The molecule has 0 saturated heterocycles. The first-order valence-corrected chi connectivity index (χ1v) is 5.17. The van der Waals surface area contributed by atoms with E-state index in [1.807, 2.05) is 0 Å². The maximum atomic E-state index is 12.7. The molecule has 0 atom stereocenters. The lowest BCUT2D eigenvalue weighted by atomic mass is 10.1. The zero-order valence-corrected chi connectivity index (χ0v) is 9.16. The van der Waals surface area contributed by atoms with Crippen LogP contribution in [-0.4, -0.2) is 8.42 Å². The summed E-state index contributed by atoms with van der Waals surface area (Å²) in [6, 6.07) is 4.18. The minimum absolute atomic E-state index is 0. The number of benzene rings is 1. The smallest absolute Gasteiger partial charge is 0.332 e. The van der Waals surface area contributed by atoms with Gasteiger partial charge in [0.25, 0.3) is 0 Å². The molecule has 0 amide bonds. The molecule has 0 radical (unpaired) electrons. The summed E-state index contributed by atoms with van der Waals surface area (Å²) in [5.74, 6) is 0. The van der Waals surface area contributed by atoms with Crippen LogP contribution in [0.1, 0.15) is 12.5 Å². The summed E-state index contributed by atoms with van der Waals surface area (Å²) in [7, 11) is -4.65. The molecule has 0 heterocycles. The van der Waals surface area contributed by atoms with Gasteiger partial charge < -0.3 is 5.73 Å². The Labute approximate surface area is 88.7 Å². The molecular formula is C8H11ClFNO2S. The topological polar surface area (TPSA) is 60.2 Å². The van der Waals surface area contributed by atoms with Crippen molar-refractivity contribution < 1.29 is 12.3 Å². The molecule has 14 heavy (non-hydrogen) atoms. The maximum Gasteiger partial charge on any atom is 0.332 e. The number of halogens is 2. The largest absolute Gasteiger partial charge is 0.398 e. The van der Waals surface area contributed by atoms with E-state index >= 15 is 0 Å². The van der Waals surface area contributed by atoms with E-state index in [1.54, 1.807) is 13.0 Å². The normalized spacial score (nSPS) is 10.7. The Kier molecular flexibility index (Phi) is 4.35. The van der Waals surface area contributed by atoms with Crippen molar-refractivity contribution in [2.75, 3.05) is 5.73 Å². The summed E-state index contributed by atoms with van der Waals surface area (Å²) in [4.78, 5) is -0.324. The van der Waals surface area contributed by atoms with Gasteiger partial charge in [-0.3, -0.25) is 0 Å². The third-order valence-corrected chi connectivity index (χ3v) is 2.69. The Morgan fingerprint density at radius 3 is 2.36 bits per heavy atom. The van der Waals surface area contributed by atoms with E-state index in [-0.39, 0.29) is 17.3 Å². The van der Waals surface area contributed by atoms with Crippen molar-refractivity contribution in [2.24, 2.45) is 0 Å². The summed E-state index contributed by atoms with van der Waals surface area (Å²) in [6.07, 6.45) is 0.394. The molecule has 6 heteroatoms. The van der Waals surface area contributed by atoms with Crippen LogP contribution in [0, 0.1) is 0 Å². The second-order valence-electron chi connectivity index (χ2n) is 2.62. The van der Waals surface area contributed by atoms with E-state index < -0.39 is 10.2 Å². The average Bonchev–Trinajstić information content (AvgIpc) is 2.02. The van der Waals surface area contributed by atoms with Crippen molar-refractivity contribution in [3.63, 3.8) is 0 Å². The fourth-order valence-corrected chi connectivity index (χ4v) is 1.99. The molecular weight excluding hydrogens is 229 g/mol. The lowest BCUT2D eigenvalue weighted by Crippen LogP contribution is -2.01. The third-order valence-electron chi connectivity index (χ3n) is 1.79. The number of nitrogens with two attached hydrogens (primary N) is 1. The lowest BCUT2D eigenvalue weighted by molar-refractivity contribution is 0.551. The van der Waals surface area contributed by atoms with Gasteiger partial charge in [-0.2, -0.15) is 8.42 Å². The number of hydrogen-bond acceptors (Lipinski definition) is 3. The molecule has 2 N–H and O–H groups in total. The Bertz CT molecular complexity index is 419. The van der Waals surface area contributed by atoms with Crippen molar-refractivity contribution >= 4 is 28.3 Å². The second kappa shape index (κ2) is 4.61. The van der Waals surface area contributed by atoms with Gasteiger partial charge in [0.1, 0.15) is 4.90 Å². The molecule has 1 rings (SSSR count). The number of rotatable bonds is 2. The van der Waals surface area contributed by atoms with Gasteiger partial charge in [-0.05, 0) is 24.1 Å². The molecule has 1 aromatic rings. The van der Waals surface area contributed by atoms with E-state index in [0.29, 0.717) is 17.7 Å². The molecule has 0 spiro atoms. The van der Waals surface area contributed by atoms with Crippen LogP contribution >= 0.6 is 12.4 Å². The summed E-state index contributed by atoms with van der Waals surface area (Å²) in [5, 5.41) is 0. The standard InChI is InChI=1S/C8H10FNO2S.ClH/c1-2-6-7(10)4-3-5-8(6)13(9,11)12;/h3-5H,2,10H2,1H3;1H. The average molecular weight is 240 g/mol. The lowest BCUT2D eigenvalue weighted by Gasteiger charge is -2.05. The summed E-state index contributed by atoms with van der Waals surface area (Å²) < 4.78 is 34.0. The van der Waals surface area contributed by atoms with E-state index in [9.17, 15) is 12.3 Å². The molecule has 0 aliphatic carbocycles. The van der Waals surface area contributed by atoms with Crippen LogP contribution in [0.15, 0.2) is 23.1 Å². The summed E-state index contributed by atoms with van der Waals surface area (Å²) in [5.41, 5.74) is 6.14. The summed E-state index contributed by atoms with van der Waals surface area (Å²) >= 11 is 0. The first-order valence-electron chi connectivity index (χ1n) is 3.79. The van der Waals surface area contributed by atoms with Gasteiger partial charge in [-0.1, -0.05) is 13.0 Å². The Morgan fingerprint density at radius 1 is 1.43 bits per heavy atom. The van der Waals surface area contributed by atoms with Crippen molar-refractivity contribution in [1.29, 1.82) is 0 Å². The van der Waals surface area contributed by atoms with Gasteiger partial charge in [0.2, 0.25) is 0 Å². The molecule has 0 unspecified atom stereocenters. The van der Waals surface area contributed by atoms with Crippen molar-refractivity contribution in [2.45, 2.75) is 18.2 Å². The maximum absolute atomic E-state index is 12.7. The Hall–Kier alpha value is -0.810. The highest BCUT2D eigenvalue weighted by Gasteiger charge is 2.17. The quantitative estimate of drug-likeness (QED) is 0.634. The fourth-order valence-electron chi connectivity index (χ4n) is 1.19. The van der Waals surface area contributed by atoms with Gasteiger partial charge >= 0.3 is 10.2 Å². The predicted octanol–water partition coefficient (Wildman–Crippen LogP) is 1.91. The molecule has 0 fully saturated rings. The van der Waals surface area contributed by atoms with Crippen molar-refractivity contribution in [1.82, 2.24) is 0 Å². The van der Waals surface area contributed by atoms with Gasteiger partial charge in [0.15, 0.2) is 0 Å². The number of anilines is 1. The second-order valence-corrected chi connectivity index (χ2v) is 3.93. The van der Waals surface area contributed by atoms with Gasteiger partial charge in [-0.25, -0.2) is 0 Å². The minimum Gasteiger partial charge on any atom is -0.398 e. The highest BCUT2D eigenvalue weighted by molar-refractivity contribution is 7.86. The van der Waals surface area contributed by atoms with Crippen molar-refractivity contribution in [3.8, 4) is 0 Å². The fraction of sp³-hybridized carbons (Fsp3) is 0.250. The molecule has 80 valence electrons. The highest BCUT2D eigenvalue weighted by atomic mass is 35.5. The molecule has 1 aromatic carbocycles. The van der Waals surface area contributed by atoms with Crippen LogP contribution in [0.2, 0.25) is 0 Å². The van der Waals surface area contributed by atoms with E-state index in [4.69, 9.17) is 5.73 Å². The highest BCUT2D eigenvalue weighted by Crippen LogP contribution is 2.23. The van der Waals surface area contributed by atoms with Crippen LogP contribution in [0.4, 0.5) is 9.57 Å². The van der Waals surface area contributed by atoms with Crippen LogP contribution in [0.25, 0.3) is 0 Å². The first kappa shape index (κ1) is 13.2. The summed E-state index contributed by atoms with van der Waals surface area (Å²) in [6.45, 7) is 1.72.